The van der Waals surface area contributed by atoms with E-state index < -0.39 is 0 Å². The number of carbonyl (C=O) groups is 1. The van der Waals surface area contributed by atoms with E-state index in [1.54, 1.807) is 11.3 Å². The lowest BCUT2D eigenvalue weighted by Gasteiger charge is -2.30. The molecule has 1 saturated heterocycles. The Labute approximate surface area is 132 Å². The highest BCUT2D eigenvalue weighted by Crippen LogP contribution is 2.31. The third-order valence-corrected chi connectivity index (χ3v) is 5.03. The Morgan fingerprint density at radius 1 is 1.33 bits per heavy atom. The molecule has 0 bridgehead atoms. The molecule has 1 amide bonds. The smallest absolute Gasteiger partial charge is 0.241 e. The van der Waals surface area contributed by atoms with E-state index in [1.165, 1.54) is 24.8 Å². The van der Waals surface area contributed by atoms with Crippen LogP contribution in [0.15, 0.2) is 16.8 Å². The quantitative estimate of drug-likeness (QED) is 0.726. The van der Waals surface area contributed by atoms with E-state index in [2.05, 4.69) is 47.8 Å². The number of nitrogens with one attached hydrogen (secondary N) is 1. The predicted octanol–water partition coefficient (Wildman–Crippen LogP) is 4.32. The van der Waals surface area contributed by atoms with Crippen LogP contribution in [-0.4, -0.2) is 22.9 Å². The Morgan fingerprint density at radius 2 is 2.14 bits per heavy atom. The highest BCUT2D eigenvalue weighted by atomic mass is 32.1. The van der Waals surface area contributed by atoms with E-state index in [0.717, 1.165) is 19.3 Å². The molecule has 1 aliphatic heterocycles. The maximum Gasteiger partial charge on any atom is 0.241 e. The number of amides is 1. The lowest BCUT2D eigenvalue weighted by atomic mass is 10.1. The zero-order valence-corrected chi connectivity index (χ0v) is 14.3. The molecule has 1 aliphatic rings. The van der Waals surface area contributed by atoms with Crippen molar-refractivity contribution in [1.29, 1.82) is 0 Å². The van der Waals surface area contributed by atoms with Crippen LogP contribution in [0, 0.1) is 0 Å². The normalized spacial score (nSPS) is 23.8. The SMILES string of the molecule is CCCCCC(C)N1C(=O)C(CCC)NC1c1ccsc1. The van der Waals surface area contributed by atoms with Crippen LogP contribution in [0.25, 0.3) is 0 Å². The summed E-state index contributed by atoms with van der Waals surface area (Å²) < 4.78 is 0. The predicted molar refractivity (Wildman–Crippen MR) is 89.3 cm³/mol. The molecule has 0 radical (unpaired) electrons. The van der Waals surface area contributed by atoms with Gasteiger partial charge in [0, 0.05) is 6.04 Å². The first kappa shape index (κ1) is 16.5. The first-order valence-corrected chi connectivity index (χ1v) is 9.23. The van der Waals surface area contributed by atoms with Gasteiger partial charge in [0.25, 0.3) is 0 Å². The Bertz CT molecular complexity index is 432. The van der Waals surface area contributed by atoms with Crippen molar-refractivity contribution in [2.24, 2.45) is 0 Å². The van der Waals surface area contributed by atoms with Crippen LogP contribution >= 0.6 is 11.3 Å². The molecule has 4 heteroatoms. The molecular formula is C17H28N2OS. The molecule has 1 fully saturated rings. The van der Waals surface area contributed by atoms with Crippen LogP contribution in [0.5, 0.6) is 0 Å². The van der Waals surface area contributed by atoms with Crippen LogP contribution < -0.4 is 5.32 Å². The topological polar surface area (TPSA) is 32.3 Å². The minimum atomic E-state index is -0.00600. The van der Waals surface area contributed by atoms with Gasteiger partial charge in [0.15, 0.2) is 0 Å². The van der Waals surface area contributed by atoms with Crippen LogP contribution in [0.2, 0.25) is 0 Å². The van der Waals surface area contributed by atoms with Gasteiger partial charge in [-0.15, -0.1) is 0 Å². The number of rotatable bonds is 8. The van der Waals surface area contributed by atoms with Gasteiger partial charge in [-0.3, -0.25) is 10.1 Å². The first-order chi connectivity index (χ1) is 10.2. The standard InChI is InChI=1S/C17H28N2OS/c1-4-6-7-9-13(3)19-16(14-10-11-21-12-14)18-15(8-5-2)17(19)20/h10-13,15-16,18H,4-9H2,1-3H3. The van der Waals surface area contributed by atoms with Crippen molar-refractivity contribution < 1.29 is 4.79 Å². The summed E-state index contributed by atoms with van der Waals surface area (Å²) in [5.41, 5.74) is 1.23. The third-order valence-electron chi connectivity index (χ3n) is 4.33. The van der Waals surface area contributed by atoms with Crippen molar-refractivity contribution in [2.75, 3.05) is 0 Å². The first-order valence-electron chi connectivity index (χ1n) is 8.29. The van der Waals surface area contributed by atoms with Crippen LogP contribution in [0.4, 0.5) is 0 Å². The largest absolute Gasteiger partial charge is 0.319 e. The number of hydrogen-bond donors (Lipinski definition) is 1. The van der Waals surface area contributed by atoms with E-state index in [1.807, 2.05) is 0 Å². The monoisotopic (exact) mass is 308 g/mol. The van der Waals surface area contributed by atoms with Crippen molar-refractivity contribution in [3.05, 3.63) is 22.4 Å². The zero-order chi connectivity index (χ0) is 15.2. The molecule has 0 aromatic carbocycles. The minimum absolute atomic E-state index is 0.00600. The summed E-state index contributed by atoms with van der Waals surface area (Å²) in [7, 11) is 0. The molecule has 1 aromatic rings. The molecule has 0 saturated carbocycles. The summed E-state index contributed by atoms with van der Waals surface area (Å²) in [4.78, 5) is 14.8. The molecule has 118 valence electrons. The van der Waals surface area contributed by atoms with Gasteiger partial charge in [0.1, 0.15) is 6.17 Å². The molecule has 3 atom stereocenters. The van der Waals surface area contributed by atoms with E-state index in [4.69, 9.17) is 0 Å². The van der Waals surface area contributed by atoms with Crippen molar-refractivity contribution in [2.45, 2.75) is 77.5 Å². The number of carbonyl (C=O) groups excluding carboxylic acids is 1. The van der Waals surface area contributed by atoms with Crippen LogP contribution in [0.3, 0.4) is 0 Å². The van der Waals surface area contributed by atoms with E-state index in [9.17, 15) is 4.79 Å². The second-order valence-electron chi connectivity index (χ2n) is 6.06. The second-order valence-corrected chi connectivity index (χ2v) is 6.84. The lowest BCUT2D eigenvalue weighted by molar-refractivity contribution is -0.132. The van der Waals surface area contributed by atoms with Crippen molar-refractivity contribution in [3.8, 4) is 0 Å². The molecule has 1 N–H and O–H groups in total. The Morgan fingerprint density at radius 3 is 2.76 bits per heavy atom. The summed E-state index contributed by atoms with van der Waals surface area (Å²) in [5, 5.41) is 7.80. The fraction of sp³-hybridized carbons (Fsp3) is 0.706. The third kappa shape index (κ3) is 3.86. The second kappa shape index (κ2) is 7.95. The van der Waals surface area contributed by atoms with Crippen molar-refractivity contribution in [3.63, 3.8) is 0 Å². The van der Waals surface area contributed by atoms with Crippen molar-refractivity contribution in [1.82, 2.24) is 10.2 Å². The number of thiophene rings is 1. The minimum Gasteiger partial charge on any atom is -0.319 e. The zero-order valence-electron chi connectivity index (χ0n) is 13.5. The molecule has 3 unspecified atom stereocenters. The van der Waals surface area contributed by atoms with Gasteiger partial charge in [-0.1, -0.05) is 39.5 Å². The van der Waals surface area contributed by atoms with Gasteiger partial charge in [-0.05, 0) is 42.2 Å². The molecule has 0 aliphatic carbocycles. The average Bonchev–Trinajstić information content (AvgIpc) is 3.08. The summed E-state index contributed by atoms with van der Waals surface area (Å²) in [6, 6.07) is 2.44. The summed E-state index contributed by atoms with van der Waals surface area (Å²) >= 11 is 1.70. The van der Waals surface area contributed by atoms with Crippen LogP contribution in [-0.2, 0) is 4.79 Å². The van der Waals surface area contributed by atoms with E-state index in [-0.39, 0.29) is 18.1 Å². The summed E-state index contributed by atoms with van der Waals surface area (Å²) in [6.07, 6.45) is 6.82. The molecular weight excluding hydrogens is 280 g/mol. The molecule has 21 heavy (non-hydrogen) atoms. The highest BCUT2D eigenvalue weighted by molar-refractivity contribution is 7.07. The molecule has 0 spiro atoms. The maximum atomic E-state index is 12.7. The maximum absolute atomic E-state index is 12.7. The van der Waals surface area contributed by atoms with Gasteiger partial charge >= 0.3 is 0 Å². The van der Waals surface area contributed by atoms with Gasteiger partial charge < -0.3 is 4.90 Å². The number of nitrogens with zero attached hydrogens (tertiary/aromatic N) is 1. The Hall–Kier alpha value is -0.870. The van der Waals surface area contributed by atoms with Gasteiger partial charge in [-0.2, -0.15) is 11.3 Å². The highest BCUT2D eigenvalue weighted by Gasteiger charge is 2.41. The number of hydrogen-bond acceptors (Lipinski definition) is 3. The summed E-state index contributed by atoms with van der Waals surface area (Å²) in [5.74, 6) is 0.289. The molecule has 2 heterocycles. The fourth-order valence-corrected chi connectivity index (χ4v) is 3.81. The molecule has 2 rings (SSSR count). The number of unbranched alkanes of at least 4 members (excludes halogenated alkanes) is 2. The average molecular weight is 308 g/mol. The van der Waals surface area contributed by atoms with E-state index in [0.29, 0.717) is 6.04 Å². The fourth-order valence-electron chi connectivity index (χ4n) is 3.13. The summed E-state index contributed by atoms with van der Waals surface area (Å²) in [6.45, 7) is 6.56. The van der Waals surface area contributed by atoms with Gasteiger partial charge in [-0.25, -0.2) is 0 Å². The Kier molecular flexibility index (Phi) is 6.24. The molecule has 3 nitrogen and oxygen atoms in total. The van der Waals surface area contributed by atoms with Gasteiger partial charge in [0.2, 0.25) is 5.91 Å². The van der Waals surface area contributed by atoms with Crippen LogP contribution in [0.1, 0.15) is 71.0 Å². The lowest BCUT2D eigenvalue weighted by Crippen LogP contribution is -2.38. The molecule has 1 aromatic heterocycles. The van der Waals surface area contributed by atoms with E-state index >= 15 is 0 Å². The Balaban J connectivity index is 2.10. The van der Waals surface area contributed by atoms with Gasteiger partial charge in [0.05, 0.1) is 6.04 Å². The van der Waals surface area contributed by atoms with Crippen molar-refractivity contribution >= 4 is 17.2 Å².